The van der Waals surface area contributed by atoms with Crippen LogP contribution in [0.1, 0.15) is 20.3 Å². The fourth-order valence-corrected chi connectivity index (χ4v) is 2.32. The van der Waals surface area contributed by atoms with E-state index < -0.39 is 0 Å². The fraction of sp³-hybridized carbons (Fsp3) is 0.923. The smallest absolute Gasteiger partial charge is 0.236 e. The summed E-state index contributed by atoms with van der Waals surface area (Å²) in [6.45, 7) is 7.91. The molecule has 18 heavy (non-hydrogen) atoms. The molecule has 2 unspecified atom stereocenters. The van der Waals surface area contributed by atoms with Gasteiger partial charge in [-0.1, -0.05) is 0 Å². The van der Waals surface area contributed by atoms with Crippen LogP contribution in [-0.4, -0.2) is 74.7 Å². The number of carbonyl (C=O) groups is 1. The van der Waals surface area contributed by atoms with Gasteiger partial charge in [0.25, 0.3) is 0 Å². The highest BCUT2D eigenvalue weighted by molar-refractivity contribution is 5.78. The maximum Gasteiger partial charge on any atom is 0.236 e. The Morgan fingerprint density at radius 1 is 1.39 bits per heavy atom. The van der Waals surface area contributed by atoms with Crippen LogP contribution in [0.5, 0.6) is 0 Å². The molecule has 2 atom stereocenters. The van der Waals surface area contributed by atoms with E-state index in [2.05, 4.69) is 10.2 Å². The molecule has 0 aromatic heterocycles. The zero-order valence-corrected chi connectivity index (χ0v) is 12.1. The molecule has 5 nitrogen and oxygen atoms in total. The number of carbonyl (C=O) groups excluding carboxylic acids is 1. The molecule has 5 heteroatoms. The van der Waals surface area contributed by atoms with Crippen LogP contribution < -0.4 is 5.32 Å². The Balaban J connectivity index is 2.30. The first-order chi connectivity index (χ1) is 8.52. The van der Waals surface area contributed by atoms with Crippen molar-refractivity contribution in [2.45, 2.75) is 32.5 Å². The second-order valence-corrected chi connectivity index (χ2v) is 5.25. The maximum absolute atomic E-state index is 12.1. The summed E-state index contributed by atoms with van der Waals surface area (Å²) in [6.07, 6.45) is 1.36. The molecule has 0 spiro atoms. The Morgan fingerprint density at radius 2 is 2.00 bits per heavy atom. The largest absolute Gasteiger partial charge is 0.372 e. The van der Waals surface area contributed by atoms with Gasteiger partial charge >= 0.3 is 0 Å². The van der Waals surface area contributed by atoms with E-state index in [1.54, 1.807) is 0 Å². The summed E-state index contributed by atoms with van der Waals surface area (Å²) in [5, 5.41) is 3.11. The Labute approximate surface area is 110 Å². The molecule has 0 bridgehead atoms. The van der Waals surface area contributed by atoms with Gasteiger partial charge in [-0.3, -0.25) is 9.69 Å². The minimum Gasteiger partial charge on any atom is -0.372 e. The molecule has 0 aliphatic carbocycles. The van der Waals surface area contributed by atoms with Gasteiger partial charge in [0, 0.05) is 13.1 Å². The van der Waals surface area contributed by atoms with Crippen molar-refractivity contribution in [1.29, 1.82) is 0 Å². The number of amides is 1. The monoisotopic (exact) mass is 257 g/mol. The minimum atomic E-state index is 0.146. The average Bonchev–Trinajstić information content (AvgIpc) is 2.28. The predicted octanol–water partition coefficient (Wildman–Crippen LogP) is 0.164. The molecule has 0 aromatic carbocycles. The molecule has 1 saturated heterocycles. The van der Waals surface area contributed by atoms with Crippen molar-refractivity contribution in [2.75, 3.05) is 46.8 Å². The van der Waals surface area contributed by atoms with Gasteiger partial charge in [-0.05, 0) is 47.5 Å². The molecule has 1 heterocycles. The number of morpholine rings is 1. The van der Waals surface area contributed by atoms with Crippen LogP contribution in [0.4, 0.5) is 0 Å². The van der Waals surface area contributed by atoms with Crippen LogP contribution in [0.25, 0.3) is 0 Å². The third-order valence-corrected chi connectivity index (χ3v) is 3.14. The molecular weight excluding hydrogens is 230 g/mol. The van der Waals surface area contributed by atoms with Gasteiger partial charge in [-0.15, -0.1) is 0 Å². The van der Waals surface area contributed by atoms with Gasteiger partial charge in [0.05, 0.1) is 18.8 Å². The number of hydrogen-bond donors (Lipinski definition) is 1. The molecule has 106 valence electrons. The molecule has 1 fully saturated rings. The molecular formula is C13H27N3O2. The van der Waals surface area contributed by atoms with Crippen molar-refractivity contribution in [3.63, 3.8) is 0 Å². The lowest BCUT2D eigenvalue weighted by atomic mass is 10.2. The Bertz CT molecular complexity index is 251. The SMILES string of the molecule is CNCCCN(C)CC(=O)N1CC(C)OC(C)C1. The third-order valence-electron chi connectivity index (χ3n) is 3.14. The van der Waals surface area contributed by atoms with Crippen LogP contribution in [0.3, 0.4) is 0 Å². The second-order valence-electron chi connectivity index (χ2n) is 5.25. The first kappa shape index (κ1) is 15.4. The first-order valence-electron chi connectivity index (χ1n) is 6.79. The highest BCUT2D eigenvalue weighted by Gasteiger charge is 2.26. The molecule has 0 radical (unpaired) electrons. The lowest BCUT2D eigenvalue weighted by molar-refractivity contribution is -0.144. The molecule has 0 aromatic rings. The average molecular weight is 257 g/mol. The fourth-order valence-electron chi connectivity index (χ4n) is 2.32. The zero-order valence-electron chi connectivity index (χ0n) is 12.1. The van der Waals surface area contributed by atoms with Crippen molar-refractivity contribution in [3.8, 4) is 0 Å². The van der Waals surface area contributed by atoms with Crippen LogP contribution in [0.2, 0.25) is 0 Å². The van der Waals surface area contributed by atoms with Crippen molar-refractivity contribution in [1.82, 2.24) is 15.1 Å². The molecule has 1 rings (SSSR count). The predicted molar refractivity (Wildman–Crippen MR) is 72.6 cm³/mol. The van der Waals surface area contributed by atoms with E-state index in [9.17, 15) is 4.79 Å². The molecule has 1 N–H and O–H groups in total. The number of likely N-dealkylation sites (N-methyl/N-ethyl adjacent to an activating group) is 1. The van der Waals surface area contributed by atoms with Gasteiger partial charge in [0.2, 0.25) is 5.91 Å². The van der Waals surface area contributed by atoms with E-state index in [4.69, 9.17) is 4.74 Å². The number of hydrogen-bond acceptors (Lipinski definition) is 4. The Hall–Kier alpha value is -0.650. The minimum absolute atomic E-state index is 0.146. The quantitative estimate of drug-likeness (QED) is 0.689. The lowest BCUT2D eigenvalue weighted by Crippen LogP contribution is -2.50. The van der Waals surface area contributed by atoms with E-state index in [1.165, 1.54) is 0 Å². The van der Waals surface area contributed by atoms with Crippen molar-refractivity contribution < 1.29 is 9.53 Å². The third kappa shape index (κ3) is 5.33. The van der Waals surface area contributed by atoms with Gasteiger partial charge in [0.1, 0.15) is 0 Å². The van der Waals surface area contributed by atoms with Gasteiger partial charge in [0.15, 0.2) is 0 Å². The van der Waals surface area contributed by atoms with Crippen LogP contribution in [0, 0.1) is 0 Å². The zero-order chi connectivity index (χ0) is 13.5. The highest BCUT2D eigenvalue weighted by atomic mass is 16.5. The van der Waals surface area contributed by atoms with Crippen LogP contribution in [0.15, 0.2) is 0 Å². The Morgan fingerprint density at radius 3 is 2.56 bits per heavy atom. The Kier molecular flexibility index (Phi) is 6.60. The molecule has 1 aliphatic rings. The number of nitrogens with one attached hydrogen (secondary N) is 1. The van der Waals surface area contributed by atoms with E-state index in [0.717, 1.165) is 19.5 Å². The van der Waals surface area contributed by atoms with E-state index >= 15 is 0 Å². The van der Waals surface area contributed by atoms with Gasteiger partial charge < -0.3 is 15.0 Å². The number of ether oxygens (including phenoxy) is 1. The van der Waals surface area contributed by atoms with Crippen LogP contribution in [-0.2, 0) is 9.53 Å². The number of nitrogens with zero attached hydrogens (tertiary/aromatic N) is 2. The lowest BCUT2D eigenvalue weighted by Gasteiger charge is -2.36. The first-order valence-corrected chi connectivity index (χ1v) is 6.79. The van der Waals surface area contributed by atoms with Crippen molar-refractivity contribution in [2.24, 2.45) is 0 Å². The normalized spacial score (nSPS) is 24.6. The van der Waals surface area contributed by atoms with Crippen LogP contribution >= 0.6 is 0 Å². The number of rotatable bonds is 6. The molecule has 1 amide bonds. The van der Waals surface area contributed by atoms with E-state index in [0.29, 0.717) is 19.6 Å². The summed E-state index contributed by atoms with van der Waals surface area (Å²) in [4.78, 5) is 16.2. The maximum atomic E-state index is 12.1. The summed E-state index contributed by atoms with van der Waals surface area (Å²) < 4.78 is 5.64. The van der Waals surface area contributed by atoms with E-state index in [1.807, 2.05) is 32.8 Å². The molecule has 0 saturated carbocycles. The van der Waals surface area contributed by atoms with Crippen molar-refractivity contribution in [3.05, 3.63) is 0 Å². The summed E-state index contributed by atoms with van der Waals surface area (Å²) in [5.74, 6) is 0.212. The molecule has 1 aliphatic heterocycles. The second kappa shape index (κ2) is 7.71. The van der Waals surface area contributed by atoms with E-state index in [-0.39, 0.29) is 18.1 Å². The standard InChI is InChI=1S/C13H27N3O2/c1-11-8-16(9-12(2)18-11)13(17)10-15(4)7-5-6-14-3/h11-12,14H,5-10H2,1-4H3. The highest BCUT2D eigenvalue weighted by Crippen LogP contribution is 2.10. The summed E-state index contributed by atoms with van der Waals surface area (Å²) in [6, 6.07) is 0. The van der Waals surface area contributed by atoms with Gasteiger partial charge in [-0.25, -0.2) is 0 Å². The topological polar surface area (TPSA) is 44.8 Å². The van der Waals surface area contributed by atoms with Gasteiger partial charge in [-0.2, -0.15) is 0 Å². The summed E-state index contributed by atoms with van der Waals surface area (Å²) >= 11 is 0. The summed E-state index contributed by atoms with van der Waals surface area (Å²) in [7, 11) is 3.95. The van der Waals surface area contributed by atoms with Crippen molar-refractivity contribution >= 4 is 5.91 Å². The summed E-state index contributed by atoms with van der Waals surface area (Å²) in [5.41, 5.74) is 0.